The number of aromatic nitrogens is 1. The molecule has 1 atom stereocenters. The van der Waals surface area contributed by atoms with Crippen molar-refractivity contribution in [1.29, 1.82) is 0 Å². The largest absolute Gasteiger partial charge is 0.480 e. The highest BCUT2D eigenvalue weighted by atomic mass is 16.4. The molecule has 1 aromatic heterocycles. The lowest BCUT2D eigenvalue weighted by molar-refractivity contribution is -0.138. The van der Waals surface area contributed by atoms with Gasteiger partial charge in [-0.05, 0) is 40.2 Å². The van der Waals surface area contributed by atoms with Gasteiger partial charge in [-0.15, -0.1) is 0 Å². The molecular formula is C16H23N3O5. The van der Waals surface area contributed by atoms with Gasteiger partial charge >= 0.3 is 5.97 Å². The number of pyridine rings is 1. The van der Waals surface area contributed by atoms with Gasteiger partial charge in [0.15, 0.2) is 0 Å². The first-order chi connectivity index (χ1) is 11.0. The lowest BCUT2D eigenvalue weighted by atomic mass is 10.1. The molecule has 2 amide bonds. The van der Waals surface area contributed by atoms with Gasteiger partial charge < -0.3 is 20.3 Å². The Bertz CT molecular complexity index is 721. The summed E-state index contributed by atoms with van der Waals surface area (Å²) in [5, 5.41) is 13.9. The third-order valence-electron chi connectivity index (χ3n) is 3.46. The second kappa shape index (κ2) is 7.76. The normalized spacial score (nSPS) is 11.9. The highest BCUT2D eigenvalue weighted by Crippen LogP contribution is 2.12. The Labute approximate surface area is 139 Å². The van der Waals surface area contributed by atoms with Gasteiger partial charge in [0, 0.05) is 17.8 Å². The number of rotatable bonds is 6. The zero-order valence-corrected chi connectivity index (χ0v) is 14.5. The van der Waals surface area contributed by atoms with Crippen LogP contribution in [0.1, 0.15) is 42.4 Å². The predicted molar refractivity (Wildman–Crippen MR) is 88.0 cm³/mol. The summed E-state index contributed by atoms with van der Waals surface area (Å²) in [6, 6.07) is 0.120. The molecule has 8 nitrogen and oxygen atoms in total. The van der Waals surface area contributed by atoms with Gasteiger partial charge in [0.25, 0.3) is 11.5 Å². The quantitative estimate of drug-likeness (QED) is 0.685. The maximum Gasteiger partial charge on any atom is 0.325 e. The molecular weight excluding hydrogens is 314 g/mol. The minimum absolute atomic E-state index is 0.0712. The van der Waals surface area contributed by atoms with Crippen LogP contribution < -0.4 is 16.2 Å². The average molecular weight is 337 g/mol. The van der Waals surface area contributed by atoms with Crippen molar-refractivity contribution in [3.05, 3.63) is 33.2 Å². The van der Waals surface area contributed by atoms with E-state index in [0.717, 1.165) is 0 Å². The first-order valence-corrected chi connectivity index (χ1v) is 7.58. The van der Waals surface area contributed by atoms with Crippen LogP contribution in [-0.4, -0.2) is 39.5 Å². The number of carbonyl (C=O) groups excluding carboxylic acids is 2. The second-order valence-corrected chi connectivity index (χ2v) is 5.97. The molecule has 0 bridgehead atoms. The van der Waals surface area contributed by atoms with Crippen molar-refractivity contribution in [1.82, 2.24) is 15.2 Å². The van der Waals surface area contributed by atoms with E-state index in [9.17, 15) is 19.2 Å². The Morgan fingerprint density at radius 1 is 1.17 bits per heavy atom. The molecule has 24 heavy (non-hydrogen) atoms. The van der Waals surface area contributed by atoms with Gasteiger partial charge in [-0.1, -0.05) is 0 Å². The minimum atomic E-state index is -1.16. The summed E-state index contributed by atoms with van der Waals surface area (Å²) >= 11 is 0. The van der Waals surface area contributed by atoms with E-state index in [2.05, 4.69) is 10.6 Å². The van der Waals surface area contributed by atoms with Gasteiger partial charge in [0.2, 0.25) is 5.91 Å². The van der Waals surface area contributed by atoms with Gasteiger partial charge in [-0.3, -0.25) is 19.2 Å². The van der Waals surface area contributed by atoms with Crippen LogP contribution >= 0.6 is 0 Å². The molecule has 0 saturated carbocycles. The summed E-state index contributed by atoms with van der Waals surface area (Å²) < 4.78 is 1.20. The molecule has 1 aromatic rings. The van der Waals surface area contributed by atoms with Crippen LogP contribution in [0.3, 0.4) is 0 Å². The number of hydrogen-bond donors (Lipinski definition) is 3. The zero-order valence-electron chi connectivity index (χ0n) is 14.5. The molecule has 1 unspecified atom stereocenters. The summed E-state index contributed by atoms with van der Waals surface area (Å²) in [6.07, 6.45) is 0. The summed E-state index contributed by atoms with van der Waals surface area (Å²) in [7, 11) is 0. The van der Waals surface area contributed by atoms with E-state index in [1.807, 2.05) is 0 Å². The summed E-state index contributed by atoms with van der Waals surface area (Å²) in [5.74, 6) is -2.11. The Kier molecular flexibility index (Phi) is 6.27. The van der Waals surface area contributed by atoms with Crippen molar-refractivity contribution in [3.8, 4) is 0 Å². The fraction of sp³-hybridized carbons (Fsp3) is 0.500. The van der Waals surface area contributed by atoms with Crippen LogP contribution in [-0.2, 0) is 16.1 Å². The van der Waals surface area contributed by atoms with Crippen LogP contribution in [0, 0.1) is 13.8 Å². The van der Waals surface area contributed by atoms with Gasteiger partial charge in [0.1, 0.15) is 12.6 Å². The molecule has 132 valence electrons. The van der Waals surface area contributed by atoms with Crippen molar-refractivity contribution < 1.29 is 19.5 Å². The molecule has 0 spiro atoms. The summed E-state index contributed by atoms with van der Waals surface area (Å²) in [4.78, 5) is 47.3. The molecule has 1 heterocycles. The maximum absolute atomic E-state index is 12.3. The van der Waals surface area contributed by atoms with Crippen LogP contribution in [0.2, 0.25) is 0 Å². The lowest BCUT2D eigenvalue weighted by Crippen LogP contribution is -2.41. The van der Waals surface area contributed by atoms with Gasteiger partial charge in [-0.2, -0.15) is 0 Å². The van der Waals surface area contributed by atoms with Crippen LogP contribution in [0.4, 0.5) is 0 Å². The third kappa shape index (κ3) is 4.68. The number of hydrogen-bond acceptors (Lipinski definition) is 4. The van der Waals surface area contributed by atoms with Crippen molar-refractivity contribution >= 4 is 17.8 Å². The molecule has 0 radical (unpaired) electrons. The molecule has 3 N–H and O–H groups in total. The Balaban J connectivity index is 3.21. The fourth-order valence-corrected chi connectivity index (χ4v) is 2.30. The Hall–Kier alpha value is -2.64. The first-order valence-electron chi connectivity index (χ1n) is 7.58. The smallest absolute Gasteiger partial charge is 0.325 e. The van der Waals surface area contributed by atoms with E-state index in [1.54, 1.807) is 27.7 Å². The summed E-state index contributed by atoms with van der Waals surface area (Å²) in [5.41, 5.74) is 0.536. The molecule has 0 aliphatic heterocycles. The van der Waals surface area contributed by atoms with E-state index in [1.165, 1.54) is 17.6 Å². The third-order valence-corrected chi connectivity index (χ3v) is 3.46. The predicted octanol–water partition coefficient (Wildman–Crippen LogP) is 0.193. The van der Waals surface area contributed by atoms with E-state index < -0.39 is 23.5 Å². The van der Waals surface area contributed by atoms with Crippen LogP contribution in [0.15, 0.2) is 10.9 Å². The lowest BCUT2D eigenvalue weighted by Gasteiger charge is -2.17. The maximum atomic E-state index is 12.3. The number of aryl methyl sites for hydroxylation is 1. The van der Waals surface area contributed by atoms with E-state index >= 15 is 0 Å². The highest BCUT2D eigenvalue weighted by molar-refractivity contribution is 5.98. The van der Waals surface area contributed by atoms with Crippen LogP contribution in [0.5, 0.6) is 0 Å². The fourth-order valence-electron chi connectivity index (χ4n) is 2.30. The molecule has 0 aliphatic carbocycles. The number of carboxylic acids is 1. The zero-order chi connectivity index (χ0) is 18.6. The average Bonchev–Trinajstić information content (AvgIpc) is 2.42. The number of nitrogens with zero attached hydrogens (tertiary/aromatic N) is 1. The topological polar surface area (TPSA) is 118 Å². The SMILES string of the molecule is Cc1cc(=O)n(CC(=O)NC(C)C)c(C)c1C(=O)NC(C)C(=O)O. The molecule has 8 heteroatoms. The monoisotopic (exact) mass is 337 g/mol. The molecule has 0 fully saturated rings. The Morgan fingerprint density at radius 3 is 2.25 bits per heavy atom. The van der Waals surface area contributed by atoms with Crippen molar-refractivity contribution in [2.24, 2.45) is 0 Å². The number of carbonyl (C=O) groups is 3. The van der Waals surface area contributed by atoms with E-state index in [0.29, 0.717) is 11.3 Å². The second-order valence-electron chi connectivity index (χ2n) is 5.97. The van der Waals surface area contributed by atoms with E-state index in [4.69, 9.17) is 5.11 Å². The number of aliphatic carboxylic acids is 1. The highest BCUT2D eigenvalue weighted by Gasteiger charge is 2.21. The number of carboxylic acid groups (broad SMARTS) is 1. The van der Waals surface area contributed by atoms with E-state index in [-0.39, 0.29) is 24.1 Å². The number of nitrogens with one attached hydrogen (secondary N) is 2. The first kappa shape index (κ1) is 19.4. The minimum Gasteiger partial charge on any atom is -0.480 e. The number of amides is 2. The van der Waals surface area contributed by atoms with Gasteiger partial charge in [0.05, 0.1) is 5.56 Å². The van der Waals surface area contributed by atoms with Gasteiger partial charge in [-0.25, -0.2) is 0 Å². The summed E-state index contributed by atoms with van der Waals surface area (Å²) in [6.45, 7) is 7.88. The molecule has 1 rings (SSSR count). The Morgan fingerprint density at radius 2 is 1.75 bits per heavy atom. The molecule has 0 aliphatic rings. The van der Waals surface area contributed by atoms with Crippen molar-refractivity contribution in [2.75, 3.05) is 0 Å². The molecule has 0 aromatic carbocycles. The standard InChI is InChI=1S/C16H23N3O5/c1-8(2)17-12(20)7-19-11(5)14(9(3)6-13(19)21)15(22)18-10(4)16(23)24/h6,8,10H,7H2,1-5H3,(H,17,20)(H,18,22)(H,23,24). The molecule has 0 saturated heterocycles. The van der Waals surface area contributed by atoms with Crippen molar-refractivity contribution in [3.63, 3.8) is 0 Å². The van der Waals surface area contributed by atoms with Crippen molar-refractivity contribution in [2.45, 2.75) is 53.2 Å². The van der Waals surface area contributed by atoms with Crippen LogP contribution in [0.25, 0.3) is 0 Å².